The molecule has 2 aromatic rings. The van der Waals surface area contributed by atoms with Crippen molar-refractivity contribution in [2.45, 2.75) is 19.2 Å². The molecule has 0 fully saturated rings. The van der Waals surface area contributed by atoms with Gasteiger partial charge in [0.2, 0.25) is 0 Å². The van der Waals surface area contributed by atoms with E-state index in [9.17, 15) is 0 Å². The monoisotopic (exact) mass is 294 g/mol. The van der Waals surface area contributed by atoms with Crippen LogP contribution in [0.1, 0.15) is 27.6 Å². The molecule has 100 valence electrons. The zero-order valence-corrected chi connectivity index (χ0v) is 12.7. The van der Waals surface area contributed by atoms with Crippen LogP contribution in [0.4, 0.5) is 0 Å². The standard InChI is InChI=1S/C16H16Cl2O/c1-10-4-5-12(8-11(10)2)16(18)13-6-7-15(19-3)14(17)9-13/h4-9,16H,1-3H3. The molecule has 1 nitrogen and oxygen atoms in total. The van der Waals surface area contributed by atoms with Crippen molar-refractivity contribution in [1.29, 1.82) is 0 Å². The molecule has 0 saturated carbocycles. The van der Waals surface area contributed by atoms with E-state index in [1.807, 2.05) is 18.2 Å². The highest BCUT2D eigenvalue weighted by Crippen LogP contribution is 2.34. The average Bonchev–Trinajstić information content (AvgIpc) is 2.41. The van der Waals surface area contributed by atoms with Crippen molar-refractivity contribution in [2.75, 3.05) is 7.11 Å². The quantitative estimate of drug-likeness (QED) is 0.699. The van der Waals surface area contributed by atoms with Gasteiger partial charge in [0.25, 0.3) is 0 Å². The number of halogens is 2. The van der Waals surface area contributed by atoms with Crippen LogP contribution < -0.4 is 4.74 Å². The normalized spacial score (nSPS) is 12.3. The summed E-state index contributed by atoms with van der Waals surface area (Å²) in [6.45, 7) is 4.18. The van der Waals surface area contributed by atoms with Crippen LogP contribution in [0, 0.1) is 13.8 Å². The summed E-state index contributed by atoms with van der Waals surface area (Å²) >= 11 is 12.7. The molecule has 0 N–H and O–H groups in total. The van der Waals surface area contributed by atoms with Gasteiger partial charge in [0.05, 0.1) is 17.5 Å². The van der Waals surface area contributed by atoms with Crippen LogP contribution in [0.2, 0.25) is 5.02 Å². The largest absolute Gasteiger partial charge is 0.495 e. The maximum Gasteiger partial charge on any atom is 0.137 e. The van der Waals surface area contributed by atoms with Crippen LogP contribution in [-0.4, -0.2) is 7.11 Å². The number of rotatable bonds is 3. The van der Waals surface area contributed by atoms with E-state index >= 15 is 0 Å². The lowest BCUT2D eigenvalue weighted by Crippen LogP contribution is -1.96. The SMILES string of the molecule is COc1ccc(C(Cl)c2ccc(C)c(C)c2)cc1Cl. The Labute approximate surface area is 124 Å². The van der Waals surface area contributed by atoms with Gasteiger partial charge in [0, 0.05) is 0 Å². The third kappa shape index (κ3) is 3.05. The maximum absolute atomic E-state index is 6.52. The maximum atomic E-state index is 6.52. The first-order valence-corrected chi connectivity index (χ1v) is 6.89. The number of methoxy groups -OCH3 is 1. The van der Waals surface area contributed by atoms with E-state index in [2.05, 4.69) is 32.0 Å². The lowest BCUT2D eigenvalue weighted by molar-refractivity contribution is 0.415. The van der Waals surface area contributed by atoms with E-state index in [4.69, 9.17) is 27.9 Å². The van der Waals surface area contributed by atoms with Gasteiger partial charge in [0.15, 0.2) is 0 Å². The highest BCUT2D eigenvalue weighted by atomic mass is 35.5. The smallest absolute Gasteiger partial charge is 0.137 e. The molecule has 3 heteroatoms. The average molecular weight is 295 g/mol. The Morgan fingerprint density at radius 3 is 2.16 bits per heavy atom. The third-order valence-electron chi connectivity index (χ3n) is 3.29. The summed E-state index contributed by atoms with van der Waals surface area (Å²) in [7, 11) is 1.60. The zero-order chi connectivity index (χ0) is 14.0. The molecule has 0 aliphatic heterocycles. The zero-order valence-electron chi connectivity index (χ0n) is 11.2. The van der Waals surface area contributed by atoms with E-state index in [0.29, 0.717) is 10.8 Å². The first-order valence-electron chi connectivity index (χ1n) is 6.07. The van der Waals surface area contributed by atoms with Gasteiger partial charge in [-0.1, -0.05) is 35.9 Å². The Kier molecular flexibility index (Phi) is 4.38. The van der Waals surface area contributed by atoms with Crippen LogP contribution in [-0.2, 0) is 0 Å². The molecule has 0 spiro atoms. The summed E-state index contributed by atoms with van der Waals surface area (Å²) < 4.78 is 5.15. The van der Waals surface area contributed by atoms with Crippen LogP contribution in [0.25, 0.3) is 0 Å². The fourth-order valence-corrected chi connectivity index (χ4v) is 2.49. The van der Waals surface area contributed by atoms with E-state index < -0.39 is 0 Å². The molecule has 0 bridgehead atoms. The van der Waals surface area contributed by atoms with Crippen LogP contribution in [0.5, 0.6) is 5.75 Å². The number of aryl methyl sites for hydroxylation is 2. The Hall–Kier alpha value is -1.18. The van der Waals surface area contributed by atoms with Crippen LogP contribution >= 0.6 is 23.2 Å². The van der Waals surface area contributed by atoms with Crippen molar-refractivity contribution < 1.29 is 4.74 Å². The van der Waals surface area contributed by atoms with Crippen molar-refractivity contribution in [1.82, 2.24) is 0 Å². The second kappa shape index (κ2) is 5.85. The molecule has 2 rings (SSSR count). The van der Waals surface area contributed by atoms with Crippen molar-refractivity contribution >= 4 is 23.2 Å². The number of hydrogen-bond acceptors (Lipinski definition) is 1. The number of ether oxygens (including phenoxy) is 1. The number of alkyl halides is 1. The van der Waals surface area contributed by atoms with Crippen LogP contribution in [0.15, 0.2) is 36.4 Å². The molecule has 1 unspecified atom stereocenters. The summed E-state index contributed by atoms with van der Waals surface area (Å²) in [5, 5.41) is 0.372. The summed E-state index contributed by atoms with van der Waals surface area (Å²) in [6, 6.07) is 11.9. The van der Waals surface area contributed by atoms with Gasteiger partial charge in [-0.05, 0) is 48.2 Å². The first kappa shape index (κ1) is 14.2. The molecule has 0 radical (unpaired) electrons. The van der Waals surface area contributed by atoms with Gasteiger partial charge in [-0.15, -0.1) is 11.6 Å². The Morgan fingerprint density at radius 1 is 0.947 bits per heavy atom. The van der Waals surface area contributed by atoms with Crippen molar-refractivity contribution in [3.05, 3.63) is 63.7 Å². The summed E-state index contributed by atoms with van der Waals surface area (Å²) in [4.78, 5) is 0. The molecule has 0 amide bonds. The van der Waals surface area contributed by atoms with E-state index in [-0.39, 0.29) is 5.38 Å². The molecular formula is C16H16Cl2O. The molecule has 0 aromatic heterocycles. The molecule has 1 atom stereocenters. The van der Waals surface area contributed by atoms with Gasteiger partial charge < -0.3 is 4.74 Å². The van der Waals surface area contributed by atoms with Gasteiger partial charge in [-0.3, -0.25) is 0 Å². The second-order valence-electron chi connectivity index (χ2n) is 4.60. The molecule has 2 aromatic carbocycles. The van der Waals surface area contributed by atoms with Crippen molar-refractivity contribution in [3.8, 4) is 5.75 Å². The fraction of sp³-hybridized carbons (Fsp3) is 0.250. The molecule has 0 saturated heterocycles. The molecule has 19 heavy (non-hydrogen) atoms. The predicted octanol–water partition coefficient (Wildman–Crippen LogP) is 5.29. The highest BCUT2D eigenvalue weighted by Gasteiger charge is 2.13. The van der Waals surface area contributed by atoms with Gasteiger partial charge >= 0.3 is 0 Å². The predicted molar refractivity (Wildman–Crippen MR) is 81.6 cm³/mol. The Bertz CT molecular complexity index is 593. The second-order valence-corrected chi connectivity index (χ2v) is 5.44. The molecular weight excluding hydrogens is 279 g/mol. The minimum Gasteiger partial charge on any atom is -0.495 e. The number of hydrogen-bond donors (Lipinski definition) is 0. The van der Waals surface area contributed by atoms with E-state index in [0.717, 1.165) is 11.1 Å². The molecule has 0 heterocycles. The van der Waals surface area contributed by atoms with E-state index in [1.54, 1.807) is 7.11 Å². The summed E-state index contributed by atoms with van der Waals surface area (Å²) in [5.41, 5.74) is 4.55. The van der Waals surface area contributed by atoms with Crippen molar-refractivity contribution in [3.63, 3.8) is 0 Å². The topological polar surface area (TPSA) is 9.23 Å². The van der Waals surface area contributed by atoms with Crippen LogP contribution in [0.3, 0.4) is 0 Å². The minimum absolute atomic E-state index is 0.206. The summed E-state index contributed by atoms with van der Waals surface area (Å²) in [5.74, 6) is 0.661. The molecule has 0 aliphatic carbocycles. The van der Waals surface area contributed by atoms with Gasteiger partial charge in [-0.25, -0.2) is 0 Å². The summed E-state index contributed by atoms with van der Waals surface area (Å²) in [6.07, 6.45) is 0. The lowest BCUT2D eigenvalue weighted by atomic mass is 10.00. The fourth-order valence-electron chi connectivity index (χ4n) is 1.95. The minimum atomic E-state index is -0.206. The van der Waals surface area contributed by atoms with E-state index in [1.165, 1.54) is 11.1 Å². The van der Waals surface area contributed by atoms with Gasteiger partial charge in [-0.2, -0.15) is 0 Å². The van der Waals surface area contributed by atoms with Crippen molar-refractivity contribution in [2.24, 2.45) is 0 Å². The Morgan fingerprint density at radius 2 is 1.58 bits per heavy atom. The lowest BCUT2D eigenvalue weighted by Gasteiger charge is -2.13. The molecule has 0 aliphatic rings. The third-order valence-corrected chi connectivity index (χ3v) is 4.09. The Balaban J connectivity index is 2.35. The highest BCUT2D eigenvalue weighted by molar-refractivity contribution is 6.32. The first-order chi connectivity index (χ1) is 9.02. The van der Waals surface area contributed by atoms with Gasteiger partial charge in [0.1, 0.15) is 5.75 Å². The number of benzene rings is 2.